The number of hydrogen-bond donors (Lipinski definition) is 0. The summed E-state index contributed by atoms with van der Waals surface area (Å²) >= 11 is 5.87. The van der Waals surface area contributed by atoms with Gasteiger partial charge < -0.3 is 9.64 Å². The highest BCUT2D eigenvalue weighted by Gasteiger charge is 2.24. The lowest BCUT2D eigenvalue weighted by atomic mass is 9.94. The van der Waals surface area contributed by atoms with Gasteiger partial charge >= 0.3 is 5.97 Å². The van der Waals surface area contributed by atoms with Crippen molar-refractivity contribution in [2.24, 2.45) is 0 Å². The van der Waals surface area contributed by atoms with E-state index in [1.165, 1.54) is 13.5 Å². The molecule has 1 aliphatic rings. The molecule has 2 rings (SSSR count). The Morgan fingerprint density at radius 2 is 1.88 bits per heavy atom. The Morgan fingerprint density at radius 3 is 2.50 bits per heavy atom. The van der Waals surface area contributed by atoms with Crippen molar-refractivity contribution in [2.75, 3.05) is 13.7 Å². The fourth-order valence-corrected chi connectivity index (χ4v) is 3.14. The highest BCUT2D eigenvalue weighted by Crippen LogP contribution is 2.23. The number of methoxy groups -OCH3 is 1. The first-order valence-corrected chi connectivity index (χ1v) is 8.79. The summed E-state index contributed by atoms with van der Waals surface area (Å²) in [4.78, 5) is 25.9. The predicted molar refractivity (Wildman–Crippen MR) is 95.7 cm³/mol. The van der Waals surface area contributed by atoms with Crippen LogP contribution in [0.5, 0.6) is 0 Å². The number of benzene rings is 1. The second kappa shape index (κ2) is 9.48. The molecular weight excluding hydrogens is 326 g/mol. The van der Waals surface area contributed by atoms with Crippen LogP contribution < -0.4 is 0 Å². The van der Waals surface area contributed by atoms with Gasteiger partial charge in [-0.05, 0) is 36.6 Å². The number of halogens is 1. The molecule has 0 saturated heterocycles. The zero-order valence-electron chi connectivity index (χ0n) is 14.0. The molecule has 24 heavy (non-hydrogen) atoms. The molecule has 0 aromatic heterocycles. The summed E-state index contributed by atoms with van der Waals surface area (Å²) in [7, 11) is 1.37. The molecule has 1 aromatic carbocycles. The van der Waals surface area contributed by atoms with Crippen molar-refractivity contribution in [1.82, 2.24) is 4.90 Å². The molecule has 0 heterocycles. The Balaban J connectivity index is 2.04. The minimum atomic E-state index is -0.287. The molecule has 1 amide bonds. The van der Waals surface area contributed by atoms with Crippen molar-refractivity contribution >= 4 is 29.6 Å². The van der Waals surface area contributed by atoms with Gasteiger partial charge in [-0.3, -0.25) is 9.59 Å². The molecule has 0 spiro atoms. The topological polar surface area (TPSA) is 46.6 Å². The highest BCUT2D eigenvalue weighted by atomic mass is 35.5. The predicted octanol–water partition coefficient (Wildman–Crippen LogP) is 4.08. The van der Waals surface area contributed by atoms with E-state index >= 15 is 0 Å². The molecule has 0 aliphatic heterocycles. The van der Waals surface area contributed by atoms with Crippen molar-refractivity contribution in [1.29, 1.82) is 0 Å². The minimum Gasteiger partial charge on any atom is -0.469 e. The first-order valence-electron chi connectivity index (χ1n) is 8.41. The number of carbonyl (C=O) groups excluding carboxylic acids is 2. The van der Waals surface area contributed by atoms with Crippen molar-refractivity contribution in [3.05, 3.63) is 40.9 Å². The minimum absolute atomic E-state index is 0.0549. The Morgan fingerprint density at radius 1 is 1.21 bits per heavy atom. The Hall–Kier alpha value is -1.81. The Labute approximate surface area is 148 Å². The van der Waals surface area contributed by atoms with Gasteiger partial charge in [0.05, 0.1) is 13.5 Å². The summed E-state index contributed by atoms with van der Waals surface area (Å²) in [6, 6.07) is 7.53. The number of hydrogen-bond acceptors (Lipinski definition) is 3. The average molecular weight is 350 g/mol. The van der Waals surface area contributed by atoms with Gasteiger partial charge in [0.2, 0.25) is 5.91 Å². The van der Waals surface area contributed by atoms with Crippen LogP contribution in [0.1, 0.15) is 44.1 Å². The SMILES string of the molecule is COC(=O)CCN(C(=O)/C=C/c1ccc(Cl)cc1)C1CCCCC1. The lowest BCUT2D eigenvalue weighted by Crippen LogP contribution is -2.41. The van der Waals surface area contributed by atoms with Crippen molar-refractivity contribution in [3.8, 4) is 0 Å². The number of amides is 1. The highest BCUT2D eigenvalue weighted by molar-refractivity contribution is 6.30. The maximum atomic E-state index is 12.6. The summed E-state index contributed by atoms with van der Waals surface area (Å²) < 4.78 is 4.70. The van der Waals surface area contributed by atoms with Gasteiger partial charge in [-0.2, -0.15) is 0 Å². The largest absolute Gasteiger partial charge is 0.469 e. The molecule has 5 heteroatoms. The number of carbonyl (C=O) groups is 2. The second-order valence-corrected chi connectivity index (χ2v) is 6.47. The van der Waals surface area contributed by atoms with Crippen molar-refractivity contribution in [2.45, 2.75) is 44.6 Å². The van der Waals surface area contributed by atoms with Gasteiger partial charge in [0.1, 0.15) is 0 Å². The van der Waals surface area contributed by atoms with Crippen molar-refractivity contribution in [3.63, 3.8) is 0 Å². The van der Waals surface area contributed by atoms with E-state index < -0.39 is 0 Å². The van der Waals surface area contributed by atoms with Crippen LogP contribution >= 0.6 is 11.6 Å². The van der Waals surface area contributed by atoms with Crippen LogP contribution in [-0.4, -0.2) is 36.5 Å². The van der Waals surface area contributed by atoms with Gasteiger partial charge in [-0.15, -0.1) is 0 Å². The Kier molecular flexibility index (Phi) is 7.32. The summed E-state index contributed by atoms with van der Waals surface area (Å²) in [6.07, 6.45) is 9.08. The molecule has 4 nitrogen and oxygen atoms in total. The van der Waals surface area contributed by atoms with Gasteiger partial charge in [0.25, 0.3) is 0 Å². The maximum Gasteiger partial charge on any atom is 0.307 e. The third-order valence-corrected chi connectivity index (χ3v) is 4.62. The van der Waals surface area contributed by atoms with Crippen LogP contribution in [0.25, 0.3) is 6.08 Å². The van der Waals surface area contributed by atoms with Crippen LogP contribution in [0.4, 0.5) is 0 Å². The van der Waals surface area contributed by atoms with Crippen LogP contribution in [0.2, 0.25) is 5.02 Å². The normalized spacial score (nSPS) is 15.4. The lowest BCUT2D eigenvalue weighted by molar-refractivity contribution is -0.141. The summed E-state index contributed by atoms with van der Waals surface area (Å²) in [6.45, 7) is 0.404. The first-order chi connectivity index (χ1) is 11.6. The van der Waals surface area contributed by atoms with E-state index in [1.807, 2.05) is 17.0 Å². The maximum absolute atomic E-state index is 12.6. The van der Waals surface area contributed by atoms with E-state index in [-0.39, 0.29) is 24.3 Å². The van der Waals surface area contributed by atoms with Gasteiger partial charge in [0.15, 0.2) is 0 Å². The lowest BCUT2D eigenvalue weighted by Gasteiger charge is -2.33. The van der Waals surface area contributed by atoms with E-state index in [0.29, 0.717) is 11.6 Å². The second-order valence-electron chi connectivity index (χ2n) is 6.03. The molecular formula is C19H24ClNO3. The molecule has 1 saturated carbocycles. The van der Waals surface area contributed by atoms with Gasteiger partial charge in [-0.1, -0.05) is 43.0 Å². The molecule has 0 N–H and O–H groups in total. The summed E-state index contributed by atoms with van der Waals surface area (Å²) in [5, 5.41) is 0.667. The van der Waals surface area contributed by atoms with E-state index in [9.17, 15) is 9.59 Å². The standard InChI is InChI=1S/C19H24ClNO3/c1-24-19(23)13-14-21(17-5-3-2-4-6-17)18(22)12-9-15-7-10-16(20)11-8-15/h7-12,17H,2-6,13-14H2,1H3/b12-9+. The third-order valence-electron chi connectivity index (χ3n) is 4.37. The Bertz CT molecular complexity index is 577. The van der Waals surface area contributed by atoms with Gasteiger partial charge in [-0.25, -0.2) is 0 Å². The molecule has 130 valence electrons. The van der Waals surface area contributed by atoms with E-state index in [2.05, 4.69) is 0 Å². The quantitative estimate of drug-likeness (QED) is 0.574. The number of nitrogens with zero attached hydrogens (tertiary/aromatic N) is 1. The third kappa shape index (κ3) is 5.68. The fourth-order valence-electron chi connectivity index (χ4n) is 3.02. The van der Waals surface area contributed by atoms with Crippen LogP contribution in [0.15, 0.2) is 30.3 Å². The molecule has 1 aromatic rings. The number of ether oxygens (including phenoxy) is 1. The average Bonchev–Trinajstić information content (AvgIpc) is 2.62. The molecule has 1 aliphatic carbocycles. The molecule has 0 bridgehead atoms. The first kappa shape index (κ1) is 18.5. The molecule has 1 fully saturated rings. The van der Waals surface area contributed by atoms with Gasteiger partial charge in [0, 0.05) is 23.7 Å². The van der Waals surface area contributed by atoms with Crippen LogP contribution in [-0.2, 0) is 14.3 Å². The van der Waals surface area contributed by atoms with Crippen LogP contribution in [0, 0.1) is 0 Å². The van der Waals surface area contributed by atoms with E-state index in [1.54, 1.807) is 24.3 Å². The smallest absolute Gasteiger partial charge is 0.307 e. The monoisotopic (exact) mass is 349 g/mol. The molecule has 0 unspecified atom stereocenters. The van der Waals surface area contributed by atoms with Crippen LogP contribution in [0.3, 0.4) is 0 Å². The summed E-state index contributed by atoms with van der Waals surface area (Å²) in [5.74, 6) is -0.342. The van der Waals surface area contributed by atoms with Crippen molar-refractivity contribution < 1.29 is 14.3 Å². The fraction of sp³-hybridized carbons (Fsp3) is 0.474. The molecule has 0 atom stereocenters. The summed E-state index contributed by atoms with van der Waals surface area (Å²) in [5.41, 5.74) is 0.921. The van der Waals surface area contributed by atoms with E-state index in [4.69, 9.17) is 16.3 Å². The zero-order chi connectivity index (χ0) is 17.4. The zero-order valence-corrected chi connectivity index (χ0v) is 14.8. The molecule has 0 radical (unpaired) electrons. The number of esters is 1. The number of rotatable bonds is 6. The van der Waals surface area contributed by atoms with E-state index in [0.717, 1.165) is 31.2 Å².